The van der Waals surface area contributed by atoms with E-state index in [4.69, 9.17) is 9.47 Å². The molecule has 3 rings (SSSR count). The molecule has 0 saturated heterocycles. The van der Waals surface area contributed by atoms with Gasteiger partial charge in [-0.1, -0.05) is 51.4 Å². The fourth-order valence-electron chi connectivity index (χ4n) is 2.55. The number of benzene rings is 2. The third-order valence-electron chi connectivity index (χ3n) is 3.92. The lowest BCUT2D eigenvalue weighted by Gasteiger charge is -2.15. The average molecular weight is 432 g/mol. The van der Waals surface area contributed by atoms with Gasteiger partial charge in [-0.05, 0) is 47.5 Å². The zero-order valence-corrected chi connectivity index (χ0v) is 16.9. The highest BCUT2D eigenvalue weighted by Gasteiger charge is 2.12. The number of nitrogens with one attached hydrogen (secondary N) is 1. The van der Waals surface area contributed by atoms with Gasteiger partial charge in [0.1, 0.15) is 6.61 Å². The molecule has 0 radical (unpaired) electrons. The van der Waals surface area contributed by atoms with E-state index in [1.807, 2.05) is 56.3 Å². The fourth-order valence-corrected chi connectivity index (χ4v) is 3.01. The standard InChI is InChI=1S/C19H22BrN5O2/c1-3-25-19(22-23-24-25)21-12-15-10-17(26-4-2)18(11-16(15)20)27-13-14-8-6-5-7-9-14/h5-11H,3-4,12-13H2,1-2H3,(H,21,22,24). The maximum Gasteiger partial charge on any atom is 0.243 e. The van der Waals surface area contributed by atoms with Crippen LogP contribution in [0, 0.1) is 0 Å². The molecule has 0 spiro atoms. The van der Waals surface area contributed by atoms with Gasteiger partial charge in [0, 0.05) is 17.6 Å². The van der Waals surface area contributed by atoms with Crippen LogP contribution in [0.3, 0.4) is 0 Å². The summed E-state index contributed by atoms with van der Waals surface area (Å²) in [5.41, 5.74) is 2.13. The highest BCUT2D eigenvalue weighted by Crippen LogP contribution is 2.34. The number of tetrazole rings is 1. The Morgan fingerprint density at radius 1 is 1.07 bits per heavy atom. The predicted octanol–water partition coefficient (Wildman–Crippen LogP) is 4.05. The Balaban J connectivity index is 1.74. The second kappa shape index (κ2) is 9.36. The Morgan fingerprint density at radius 3 is 2.59 bits per heavy atom. The van der Waals surface area contributed by atoms with Crippen LogP contribution in [0.1, 0.15) is 25.0 Å². The van der Waals surface area contributed by atoms with Crippen LogP contribution in [-0.2, 0) is 19.7 Å². The van der Waals surface area contributed by atoms with Crippen LogP contribution in [0.2, 0.25) is 0 Å². The van der Waals surface area contributed by atoms with Crippen LogP contribution in [0.5, 0.6) is 11.5 Å². The van der Waals surface area contributed by atoms with Crippen LogP contribution >= 0.6 is 15.9 Å². The third-order valence-corrected chi connectivity index (χ3v) is 4.66. The lowest BCUT2D eigenvalue weighted by molar-refractivity contribution is 0.269. The summed E-state index contributed by atoms with van der Waals surface area (Å²) in [7, 11) is 0. The number of anilines is 1. The van der Waals surface area contributed by atoms with Crippen molar-refractivity contribution in [1.29, 1.82) is 0 Å². The molecule has 0 bridgehead atoms. The summed E-state index contributed by atoms with van der Waals surface area (Å²) in [5, 5.41) is 14.8. The van der Waals surface area contributed by atoms with Gasteiger partial charge in [0.15, 0.2) is 11.5 Å². The van der Waals surface area contributed by atoms with Crippen LogP contribution in [0.25, 0.3) is 0 Å². The quantitative estimate of drug-likeness (QED) is 0.550. The van der Waals surface area contributed by atoms with Crippen molar-refractivity contribution < 1.29 is 9.47 Å². The number of aromatic nitrogens is 4. The number of ether oxygens (including phenoxy) is 2. The molecule has 0 unspecified atom stereocenters. The Morgan fingerprint density at radius 2 is 1.85 bits per heavy atom. The van der Waals surface area contributed by atoms with Gasteiger partial charge in [-0.2, -0.15) is 0 Å². The van der Waals surface area contributed by atoms with Crippen molar-refractivity contribution in [2.45, 2.75) is 33.5 Å². The summed E-state index contributed by atoms with van der Waals surface area (Å²) < 4.78 is 14.4. The molecule has 0 fully saturated rings. The molecular weight excluding hydrogens is 410 g/mol. The first-order chi connectivity index (χ1) is 13.2. The SMILES string of the molecule is CCOc1cc(CNc2nnnn2CC)c(Br)cc1OCc1ccccc1. The number of halogens is 1. The summed E-state index contributed by atoms with van der Waals surface area (Å²) in [6.45, 7) is 6.24. The molecule has 1 N–H and O–H groups in total. The Kier molecular flexibility index (Phi) is 6.64. The maximum atomic E-state index is 5.99. The molecule has 0 atom stereocenters. The summed E-state index contributed by atoms with van der Waals surface area (Å²) in [4.78, 5) is 0. The highest BCUT2D eigenvalue weighted by atomic mass is 79.9. The highest BCUT2D eigenvalue weighted by molar-refractivity contribution is 9.10. The second-order valence-electron chi connectivity index (χ2n) is 5.77. The van der Waals surface area contributed by atoms with Crippen molar-refractivity contribution in [3.8, 4) is 11.5 Å². The van der Waals surface area contributed by atoms with Crippen molar-refractivity contribution in [2.75, 3.05) is 11.9 Å². The number of nitrogens with zero attached hydrogens (tertiary/aromatic N) is 4. The summed E-state index contributed by atoms with van der Waals surface area (Å²) in [6, 6.07) is 14.0. The molecule has 0 saturated carbocycles. The fraction of sp³-hybridized carbons (Fsp3) is 0.316. The molecule has 1 heterocycles. The number of hydrogen-bond donors (Lipinski definition) is 1. The van der Waals surface area contributed by atoms with Gasteiger partial charge in [-0.25, -0.2) is 4.68 Å². The van der Waals surface area contributed by atoms with Gasteiger partial charge in [0.25, 0.3) is 0 Å². The van der Waals surface area contributed by atoms with Crippen LogP contribution in [-0.4, -0.2) is 26.8 Å². The molecule has 0 amide bonds. The van der Waals surface area contributed by atoms with Gasteiger partial charge in [0.05, 0.1) is 6.61 Å². The van der Waals surface area contributed by atoms with E-state index in [-0.39, 0.29) is 0 Å². The zero-order valence-electron chi connectivity index (χ0n) is 15.4. The minimum atomic E-state index is 0.482. The minimum Gasteiger partial charge on any atom is -0.490 e. The van der Waals surface area contributed by atoms with E-state index in [2.05, 4.69) is 36.8 Å². The topological polar surface area (TPSA) is 74.1 Å². The maximum absolute atomic E-state index is 5.99. The molecule has 8 heteroatoms. The van der Waals surface area contributed by atoms with Crippen molar-refractivity contribution in [3.05, 3.63) is 58.1 Å². The molecule has 2 aromatic carbocycles. The molecule has 0 aliphatic rings. The molecule has 1 aromatic heterocycles. The summed E-state index contributed by atoms with van der Waals surface area (Å²) in [6.07, 6.45) is 0. The predicted molar refractivity (Wildman–Crippen MR) is 107 cm³/mol. The number of rotatable bonds is 9. The Bertz CT molecular complexity index is 870. The summed E-state index contributed by atoms with van der Waals surface area (Å²) in [5.74, 6) is 2.05. The molecule has 3 aromatic rings. The Hall–Kier alpha value is -2.61. The molecule has 27 heavy (non-hydrogen) atoms. The van der Waals surface area contributed by atoms with Crippen LogP contribution in [0.4, 0.5) is 5.95 Å². The lowest BCUT2D eigenvalue weighted by atomic mass is 10.2. The van der Waals surface area contributed by atoms with Gasteiger partial charge in [0.2, 0.25) is 5.95 Å². The molecular formula is C19H22BrN5O2. The normalized spacial score (nSPS) is 10.6. The van der Waals surface area contributed by atoms with E-state index in [0.29, 0.717) is 43.8 Å². The smallest absolute Gasteiger partial charge is 0.243 e. The Labute approximate surface area is 166 Å². The van der Waals surface area contributed by atoms with Gasteiger partial charge in [-0.3, -0.25) is 0 Å². The molecule has 0 aliphatic carbocycles. The second-order valence-corrected chi connectivity index (χ2v) is 6.62. The van der Waals surface area contributed by atoms with E-state index >= 15 is 0 Å². The molecule has 142 valence electrons. The van der Waals surface area contributed by atoms with Crippen molar-refractivity contribution in [1.82, 2.24) is 20.2 Å². The third kappa shape index (κ3) is 4.97. The van der Waals surface area contributed by atoms with Crippen LogP contribution < -0.4 is 14.8 Å². The van der Waals surface area contributed by atoms with Crippen molar-refractivity contribution in [3.63, 3.8) is 0 Å². The first kappa shape index (κ1) is 19.2. The lowest BCUT2D eigenvalue weighted by Crippen LogP contribution is -2.09. The largest absolute Gasteiger partial charge is 0.490 e. The van der Waals surface area contributed by atoms with E-state index < -0.39 is 0 Å². The van der Waals surface area contributed by atoms with E-state index in [9.17, 15) is 0 Å². The number of aryl methyl sites for hydroxylation is 1. The number of hydrogen-bond acceptors (Lipinski definition) is 6. The summed E-state index contributed by atoms with van der Waals surface area (Å²) >= 11 is 3.62. The minimum absolute atomic E-state index is 0.482. The molecule has 7 nitrogen and oxygen atoms in total. The average Bonchev–Trinajstić information content (AvgIpc) is 3.15. The molecule has 0 aliphatic heterocycles. The van der Waals surface area contributed by atoms with Gasteiger partial charge in [-0.15, -0.1) is 0 Å². The van der Waals surface area contributed by atoms with Gasteiger partial charge >= 0.3 is 0 Å². The van der Waals surface area contributed by atoms with Crippen molar-refractivity contribution in [2.24, 2.45) is 0 Å². The first-order valence-corrected chi connectivity index (χ1v) is 9.62. The van der Waals surface area contributed by atoms with Crippen LogP contribution in [0.15, 0.2) is 46.9 Å². The zero-order chi connectivity index (χ0) is 19.1. The first-order valence-electron chi connectivity index (χ1n) is 8.83. The van der Waals surface area contributed by atoms with Gasteiger partial charge < -0.3 is 14.8 Å². The monoisotopic (exact) mass is 431 g/mol. The van der Waals surface area contributed by atoms with E-state index in [1.165, 1.54) is 0 Å². The van der Waals surface area contributed by atoms with E-state index in [0.717, 1.165) is 15.6 Å². The van der Waals surface area contributed by atoms with E-state index in [1.54, 1.807) is 4.68 Å². The van der Waals surface area contributed by atoms with Crippen molar-refractivity contribution >= 4 is 21.9 Å².